The van der Waals surface area contributed by atoms with Crippen LogP contribution in [0.3, 0.4) is 0 Å². The monoisotopic (exact) mass is 226 g/mol. The van der Waals surface area contributed by atoms with Crippen molar-refractivity contribution in [2.45, 2.75) is 12.3 Å². The Hall–Kier alpha value is -0.773. The van der Waals surface area contributed by atoms with Crippen LogP contribution in [0, 0.1) is 0 Å². The Kier molecular flexibility index (Phi) is 4.58. The summed E-state index contributed by atoms with van der Waals surface area (Å²) in [6.45, 7) is 1.44. The quantitative estimate of drug-likeness (QED) is 0.565. The maximum Gasteiger partial charge on any atom is 1.00 e. The molecule has 0 amide bonds. The van der Waals surface area contributed by atoms with Crippen LogP contribution in [0.5, 0.6) is 0 Å². The predicted octanol–water partition coefficient (Wildman–Crippen LogP) is -2.74. The Morgan fingerprint density at radius 2 is 2.20 bits per heavy atom. The van der Waals surface area contributed by atoms with Crippen molar-refractivity contribution in [2.24, 2.45) is 0 Å². The summed E-state index contributed by atoms with van der Waals surface area (Å²) < 4.78 is 23.3. The Morgan fingerprint density at radius 1 is 1.67 bits per heavy atom. The molecule has 0 aromatic carbocycles. The molecule has 80 valence electrons. The SMILES string of the molecule is CC(n1ccc(C(=O)O)n1)S(C)(=O)=O.[H-].[Li+]. The normalized spacial score (nSPS) is 12.9. The third kappa shape index (κ3) is 3.37. The van der Waals surface area contributed by atoms with E-state index in [4.69, 9.17) is 5.11 Å². The van der Waals surface area contributed by atoms with Crippen molar-refractivity contribution in [3.63, 3.8) is 0 Å². The van der Waals surface area contributed by atoms with Gasteiger partial charge in [0.15, 0.2) is 15.5 Å². The maximum atomic E-state index is 11.1. The molecular formula is C7H11LiN2O4S. The number of hydrogen-bond acceptors (Lipinski definition) is 4. The molecule has 1 aromatic heterocycles. The number of rotatable bonds is 3. The van der Waals surface area contributed by atoms with E-state index >= 15 is 0 Å². The van der Waals surface area contributed by atoms with Crippen molar-refractivity contribution < 1.29 is 38.6 Å². The predicted molar refractivity (Wildman–Crippen MR) is 49.9 cm³/mol. The van der Waals surface area contributed by atoms with E-state index in [9.17, 15) is 13.2 Å². The molecule has 0 aliphatic carbocycles. The number of aromatic carboxylic acids is 1. The van der Waals surface area contributed by atoms with E-state index in [-0.39, 0.29) is 26.0 Å². The first-order valence-electron chi connectivity index (χ1n) is 3.79. The second-order valence-electron chi connectivity index (χ2n) is 2.91. The van der Waals surface area contributed by atoms with E-state index in [1.54, 1.807) is 0 Å². The van der Waals surface area contributed by atoms with Gasteiger partial charge in [0.05, 0.1) is 0 Å². The molecule has 0 aliphatic heterocycles. The minimum Gasteiger partial charge on any atom is -1.00 e. The van der Waals surface area contributed by atoms with Gasteiger partial charge in [-0.3, -0.25) is 4.68 Å². The number of sulfone groups is 1. The number of carbonyl (C=O) groups is 1. The number of nitrogens with zero attached hydrogens (tertiary/aromatic N) is 2. The summed E-state index contributed by atoms with van der Waals surface area (Å²) in [5, 5.41) is 11.3. The molecule has 1 aromatic rings. The molecule has 8 heteroatoms. The minimum absolute atomic E-state index is 0. The minimum atomic E-state index is -3.26. The molecule has 0 aliphatic rings. The van der Waals surface area contributed by atoms with Crippen LogP contribution in [0.15, 0.2) is 12.3 Å². The van der Waals surface area contributed by atoms with Gasteiger partial charge in [-0.25, -0.2) is 13.2 Å². The molecule has 1 atom stereocenters. The summed E-state index contributed by atoms with van der Waals surface area (Å²) in [5.41, 5.74) is -0.166. The van der Waals surface area contributed by atoms with Crippen molar-refractivity contribution in [2.75, 3.05) is 6.26 Å². The summed E-state index contributed by atoms with van der Waals surface area (Å²) in [6, 6.07) is 1.25. The number of carboxylic acid groups (broad SMARTS) is 1. The van der Waals surface area contributed by atoms with Crippen LogP contribution in [-0.4, -0.2) is 35.5 Å². The molecule has 6 nitrogen and oxygen atoms in total. The van der Waals surface area contributed by atoms with Crippen LogP contribution in [0.1, 0.15) is 24.2 Å². The number of aromatic nitrogens is 2. The zero-order chi connectivity index (χ0) is 10.9. The summed E-state index contributed by atoms with van der Waals surface area (Å²) in [7, 11) is -3.26. The van der Waals surface area contributed by atoms with Crippen LogP contribution >= 0.6 is 0 Å². The van der Waals surface area contributed by atoms with Gasteiger partial charge in [-0.1, -0.05) is 0 Å². The van der Waals surface area contributed by atoms with Gasteiger partial charge in [-0.15, -0.1) is 0 Å². The second kappa shape index (κ2) is 4.83. The second-order valence-corrected chi connectivity index (χ2v) is 5.26. The van der Waals surface area contributed by atoms with Crippen molar-refractivity contribution >= 4 is 15.8 Å². The zero-order valence-corrected chi connectivity index (χ0v) is 9.52. The van der Waals surface area contributed by atoms with E-state index in [2.05, 4.69) is 5.10 Å². The third-order valence-electron chi connectivity index (χ3n) is 1.82. The smallest absolute Gasteiger partial charge is 1.00 e. The number of hydrogen-bond donors (Lipinski definition) is 1. The fraction of sp³-hybridized carbons (Fsp3) is 0.429. The molecule has 0 fully saturated rings. The van der Waals surface area contributed by atoms with E-state index in [1.807, 2.05) is 0 Å². The fourth-order valence-electron chi connectivity index (χ4n) is 0.851. The van der Waals surface area contributed by atoms with Crippen LogP contribution in [0.4, 0.5) is 0 Å². The first-order chi connectivity index (χ1) is 6.32. The summed E-state index contributed by atoms with van der Waals surface area (Å²) in [4.78, 5) is 10.5. The summed E-state index contributed by atoms with van der Waals surface area (Å²) in [6.07, 6.45) is 2.40. The molecular weight excluding hydrogens is 215 g/mol. The number of carboxylic acids is 1. The average molecular weight is 226 g/mol. The summed E-state index contributed by atoms with van der Waals surface area (Å²) >= 11 is 0. The Balaban J connectivity index is 0. The topological polar surface area (TPSA) is 89.3 Å². The van der Waals surface area contributed by atoms with E-state index in [0.717, 1.165) is 10.9 Å². The molecule has 0 bridgehead atoms. The van der Waals surface area contributed by atoms with Crippen molar-refractivity contribution in [1.29, 1.82) is 0 Å². The van der Waals surface area contributed by atoms with Gasteiger partial charge in [0.2, 0.25) is 0 Å². The van der Waals surface area contributed by atoms with E-state index in [0.29, 0.717) is 0 Å². The average Bonchev–Trinajstić information content (AvgIpc) is 2.48. The standard InChI is InChI=1S/C7H10N2O4S.Li.H/c1-5(14(2,12)13)9-4-3-6(8-9)7(10)11;;/h3-5H,1-2H3,(H,10,11);;/q;+1;-1. The first kappa shape index (κ1) is 14.2. The Morgan fingerprint density at radius 3 is 2.53 bits per heavy atom. The molecule has 1 heterocycles. The van der Waals surface area contributed by atoms with Gasteiger partial charge in [0.25, 0.3) is 0 Å². The fourth-order valence-corrected chi connectivity index (χ4v) is 1.36. The van der Waals surface area contributed by atoms with Crippen LogP contribution < -0.4 is 18.9 Å². The van der Waals surface area contributed by atoms with E-state index < -0.39 is 21.2 Å². The van der Waals surface area contributed by atoms with Gasteiger partial charge < -0.3 is 6.53 Å². The molecule has 1 rings (SSSR count). The largest absolute Gasteiger partial charge is 1.00 e. The van der Waals surface area contributed by atoms with Gasteiger partial charge in [0.1, 0.15) is 5.37 Å². The van der Waals surface area contributed by atoms with Crippen molar-refractivity contribution in [3.05, 3.63) is 18.0 Å². The summed E-state index contributed by atoms with van der Waals surface area (Å²) in [5.74, 6) is -1.18. The van der Waals surface area contributed by atoms with E-state index in [1.165, 1.54) is 19.2 Å². The van der Waals surface area contributed by atoms with Crippen molar-refractivity contribution in [1.82, 2.24) is 9.78 Å². The van der Waals surface area contributed by atoms with Gasteiger partial charge in [0, 0.05) is 12.5 Å². The van der Waals surface area contributed by atoms with Gasteiger partial charge >= 0.3 is 24.8 Å². The maximum absolute atomic E-state index is 11.1. The molecule has 15 heavy (non-hydrogen) atoms. The Bertz CT molecular complexity index is 459. The first-order valence-corrected chi connectivity index (χ1v) is 5.75. The third-order valence-corrected chi connectivity index (χ3v) is 3.27. The molecule has 0 radical (unpaired) electrons. The van der Waals surface area contributed by atoms with Crippen LogP contribution in [0.25, 0.3) is 0 Å². The molecule has 1 unspecified atom stereocenters. The van der Waals surface area contributed by atoms with Gasteiger partial charge in [-0.05, 0) is 13.0 Å². The molecule has 0 spiro atoms. The molecule has 1 N–H and O–H groups in total. The van der Waals surface area contributed by atoms with Crippen molar-refractivity contribution in [3.8, 4) is 0 Å². The van der Waals surface area contributed by atoms with Gasteiger partial charge in [-0.2, -0.15) is 5.10 Å². The molecule has 0 saturated carbocycles. The zero-order valence-electron chi connectivity index (χ0n) is 9.71. The van der Waals surface area contributed by atoms with Crippen LogP contribution in [-0.2, 0) is 9.84 Å². The van der Waals surface area contributed by atoms with Crippen LogP contribution in [0.2, 0.25) is 0 Å². The molecule has 0 saturated heterocycles. The Labute approximate surface area is 101 Å².